The van der Waals surface area contributed by atoms with E-state index in [2.05, 4.69) is 54.6 Å². The third kappa shape index (κ3) is 2.74. The summed E-state index contributed by atoms with van der Waals surface area (Å²) in [6, 6.07) is 16.2. The first-order valence-corrected chi connectivity index (χ1v) is 10.7. The Hall–Kier alpha value is -2.33. The molecular formula is C26H27N. The van der Waals surface area contributed by atoms with E-state index in [1.54, 1.807) is 0 Å². The van der Waals surface area contributed by atoms with Crippen LogP contribution in [0.4, 0.5) is 0 Å². The fraction of sp³-hybridized carbons (Fsp3) is 0.423. The molecule has 0 aromatic heterocycles. The molecule has 0 saturated heterocycles. The normalized spacial score (nSPS) is 23.6. The van der Waals surface area contributed by atoms with Crippen LogP contribution in [-0.2, 0) is 0 Å². The molecule has 2 atom stereocenters. The first-order valence-electron chi connectivity index (χ1n) is 10.7. The summed E-state index contributed by atoms with van der Waals surface area (Å²) in [7, 11) is 0. The lowest BCUT2D eigenvalue weighted by atomic mass is 9.65. The smallest absolute Gasteiger partial charge is 0.0668 e. The molecule has 3 aliphatic carbocycles. The van der Waals surface area contributed by atoms with Crippen LogP contribution in [0.3, 0.4) is 0 Å². The Balaban J connectivity index is 1.71. The topological polar surface area (TPSA) is 23.8 Å². The van der Waals surface area contributed by atoms with Gasteiger partial charge in [0.1, 0.15) is 0 Å². The van der Waals surface area contributed by atoms with E-state index in [1.807, 2.05) is 0 Å². The molecular weight excluding hydrogens is 326 g/mol. The average Bonchev–Trinajstić information content (AvgIpc) is 3.00. The number of hydrogen-bond donors (Lipinski definition) is 0. The van der Waals surface area contributed by atoms with E-state index in [0.29, 0.717) is 5.92 Å². The number of rotatable bonds is 2. The van der Waals surface area contributed by atoms with E-state index in [-0.39, 0.29) is 11.8 Å². The number of allylic oxidation sites excluding steroid dienone is 4. The number of nitrogens with zero attached hydrogens (tertiary/aromatic N) is 1. The van der Waals surface area contributed by atoms with Crippen molar-refractivity contribution < 1.29 is 0 Å². The molecule has 27 heavy (non-hydrogen) atoms. The summed E-state index contributed by atoms with van der Waals surface area (Å²) in [5.74, 6) is 0.929. The van der Waals surface area contributed by atoms with Gasteiger partial charge in [0.05, 0.1) is 12.0 Å². The monoisotopic (exact) mass is 353 g/mol. The average molecular weight is 354 g/mol. The predicted octanol–water partition coefficient (Wildman–Crippen LogP) is 7.15. The first kappa shape index (κ1) is 16.8. The second kappa shape index (κ2) is 7.01. The van der Waals surface area contributed by atoms with Crippen LogP contribution < -0.4 is 0 Å². The largest absolute Gasteiger partial charge is 0.198 e. The van der Waals surface area contributed by atoms with Gasteiger partial charge in [-0.1, -0.05) is 79.8 Å². The zero-order chi connectivity index (χ0) is 18.2. The van der Waals surface area contributed by atoms with Crippen molar-refractivity contribution in [1.82, 2.24) is 0 Å². The van der Waals surface area contributed by atoms with Gasteiger partial charge in [-0.15, -0.1) is 0 Å². The van der Waals surface area contributed by atoms with Gasteiger partial charge in [-0.3, -0.25) is 0 Å². The minimum absolute atomic E-state index is 0.110. The van der Waals surface area contributed by atoms with Crippen molar-refractivity contribution in [3.8, 4) is 6.07 Å². The maximum Gasteiger partial charge on any atom is 0.0668 e. The lowest BCUT2D eigenvalue weighted by molar-refractivity contribution is 0.327. The van der Waals surface area contributed by atoms with E-state index in [9.17, 15) is 5.26 Å². The van der Waals surface area contributed by atoms with Gasteiger partial charge in [-0.25, -0.2) is 0 Å². The van der Waals surface area contributed by atoms with Crippen molar-refractivity contribution >= 4 is 16.3 Å². The Morgan fingerprint density at radius 3 is 2.52 bits per heavy atom. The highest BCUT2D eigenvalue weighted by atomic mass is 14.4. The number of hydrogen-bond acceptors (Lipinski definition) is 1. The molecule has 1 fully saturated rings. The fourth-order valence-corrected chi connectivity index (χ4v) is 5.84. The van der Waals surface area contributed by atoms with Gasteiger partial charge in [-0.2, -0.15) is 5.26 Å². The highest BCUT2D eigenvalue weighted by Crippen LogP contribution is 2.52. The Morgan fingerprint density at radius 2 is 1.74 bits per heavy atom. The molecule has 5 rings (SSSR count). The molecule has 2 aromatic carbocycles. The van der Waals surface area contributed by atoms with Gasteiger partial charge in [0.15, 0.2) is 0 Å². The summed E-state index contributed by atoms with van der Waals surface area (Å²) >= 11 is 0. The fourth-order valence-electron chi connectivity index (χ4n) is 5.84. The molecule has 136 valence electrons. The van der Waals surface area contributed by atoms with Crippen molar-refractivity contribution in [2.24, 2.45) is 11.8 Å². The Labute approximate surface area is 162 Å². The van der Waals surface area contributed by atoms with Gasteiger partial charge in [-0.05, 0) is 59.1 Å². The molecule has 0 aliphatic heterocycles. The van der Waals surface area contributed by atoms with E-state index in [1.165, 1.54) is 71.6 Å². The zero-order valence-electron chi connectivity index (χ0n) is 16.0. The number of fused-ring (bicyclic) bond motifs is 1. The second-order valence-corrected chi connectivity index (χ2v) is 8.52. The van der Waals surface area contributed by atoms with Gasteiger partial charge < -0.3 is 0 Å². The third-order valence-electron chi connectivity index (χ3n) is 7.06. The van der Waals surface area contributed by atoms with Gasteiger partial charge >= 0.3 is 0 Å². The molecule has 2 unspecified atom stereocenters. The van der Waals surface area contributed by atoms with E-state index >= 15 is 0 Å². The standard InChI is InChI=1S/C26H27N/c27-17-24(18-9-3-1-2-4-10-18)26-22-14-6-5-13-20(22)21-15-7-11-19-12-8-16-23(26)25(19)21/h5,7-8,11-13,15-16,18,24,26H,1-4,6,9-10,14H2. The number of benzene rings is 2. The molecule has 0 amide bonds. The summed E-state index contributed by atoms with van der Waals surface area (Å²) in [4.78, 5) is 0. The summed E-state index contributed by atoms with van der Waals surface area (Å²) in [5, 5.41) is 13.0. The lowest BCUT2D eigenvalue weighted by Crippen LogP contribution is -2.25. The minimum atomic E-state index is 0.110. The summed E-state index contributed by atoms with van der Waals surface area (Å²) in [6.07, 6.45) is 14.6. The van der Waals surface area contributed by atoms with E-state index in [4.69, 9.17) is 0 Å². The minimum Gasteiger partial charge on any atom is -0.198 e. The Bertz CT molecular complexity index is 958. The predicted molar refractivity (Wildman–Crippen MR) is 112 cm³/mol. The Morgan fingerprint density at radius 1 is 0.963 bits per heavy atom. The summed E-state index contributed by atoms with van der Waals surface area (Å²) < 4.78 is 0. The van der Waals surface area contributed by atoms with Crippen LogP contribution in [0.1, 0.15) is 68.4 Å². The highest BCUT2D eigenvalue weighted by molar-refractivity contribution is 6.02. The third-order valence-corrected chi connectivity index (χ3v) is 7.06. The van der Waals surface area contributed by atoms with Crippen molar-refractivity contribution in [3.63, 3.8) is 0 Å². The van der Waals surface area contributed by atoms with Crippen LogP contribution in [0.5, 0.6) is 0 Å². The molecule has 1 nitrogen and oxygen atoms in total. The molecule has 0 N–H and O–H groups in total. The molecule has 0 bridgehead atoms. The quantitative estimate of drug-likeness (QED) is 0.526. The van der Waals surface area contributed by atoms with E-state index in [0.717, 1.165) is 12.8 Å². The summed E-state index contributed by atoms with van der Waals surface area (Å²) in [5.41, 5.74) is 5.72. The van der Waals surface area contributed by atoms with Crippen LogP contribution in [0.15, 0.2) is 54.1 Å². The molecule has 0 heterocycles. The molecule has 1 heteroatoms. The van der Waals surface area contributed by atoms with Gasteiger partial charge in [0.25, 0.3) is 0 Å². The second-order valence-electron chi connectivity index (χ2n) is 8.52. The van der Waals surface area contributed by atoms with Crippen LogP contribution in [-0.4, -0.2) is 0 Å². The highest BCUT2D eigenvalue weighted by Gasteiger charge is 2.38. The molecule has 0 spiro atoms. The maximum absolute atomic E-state index is 10.3. The molecule has 0 radical (unpaired) electrons. The maximum atomic E-state index is 10.3. The molecule has 3 aliphatic rings. The first-order chi connectivity index (χ1) is 13.4. The molecule has 1 saturated carbocycles. The van der Waals surface area contributed by atoms with Crippen LogP contribution in [0.2, 0.25) is 0 Å². The van der Waals surface area contributed by atoms with Crippen LogP contribution >= 0.6 is 0 Å². The zero-order valence-corrected chi connectivity index (χ0v) is 16.0. The van der Waals surface area contributed by atoms with Crippen LogP contribution in [0, 0.1) is 23.2 Å². The molecule has 2 aromatic rings. The summed E-state index contributed by atoms with van der Waals surface area (Å²) in [6.45, 7) is 0. The lowest BCUT2D eigenvalue weighted by Gasteiger charge is -2.37. The Kier molecular flexibility index (Phi) is 4.36. The van der Waals surface area contributed by atoms with E-state index < -0.39 is 0 Å². The van der Waals surface area contributed by atoms with Crippen molar-refractivity contribution in [1.29, 1.82) is 5.26 Å². The van der Waals surface area contributed by atoms with Crippen molar-refractivity contribution in [3.05, 3.63) is 65.3 Å². The van der Waals surface area contributed by atoms with Gasteiger partial charge in [0.2, 0.25) is 0 Å². The van der Waals surface area contributed by atoms with Gasteiger partial charge in [0, 0.05) is 5.92 Å². The SMILES string of the molecule is N#CC(C1CCCCCC1)C1C2=C(C=CCC2)c2cccc3cccc1c23. The number of nitriles is 1. The van der Waals surface area contributed by atoms with Crippen LogP contribution in [0.25, 0.3) is 16.3 Å². The van der Waals surface area contributed by atoms with Crippen molar-refractivity contribution in [2.75, 3.05) is 0 Å². The van der Waals surface area contributed by atoms with Crippen molar-refractivity contribution in [2.45, 2.75) is 57.3 Å².